The van der Waals surface area contributed by atoms with Gasteiger partial charge in [0.25, 0.3) is 0 Å². The number of fused-ring (bicyclic) bond motifs is 3. The highest BCUT2D eigenvalue weighted by atomic mass is 79.9. The van der Waals surface area contributed by atoms with Gasteiger partial charge in [0.2, 0.25) is 5.91 Å². The van der Waals surface area contributed by atoms with Gasteiger partial charge in [-0.05, 0) is 48.8 Å². The Morgan fingerprint density at radius 2 is 2.19 bits per heavy atom. The van der Waals surface area contributed by atoms with Gasteiger partial charge >= 0.3 is 0 Å². The fourth-order valence-electron chi connectivity index (χ4n) is 5.18. The van der Waals surface area contributed by atoms with Crippen molar-refractivity contribution in [2.75, 3.05) is 13.2 Å². The maximum atomic E-state index is 14.7. The number of nitrogens with zero attached hydrogens (tertiary/aromatic N) is 2. The van der Waals surface area contributed by atoms with Crippen molar-refractivity contribution < 1.29 is 13.9 Å². The van der Waals surface area contributed by atoms with Gasteiger partial charge in [-0.2, -0.15) is 0 Å². The standard InChI is InChI=1S/C20H18B3BrFN3O2S/c21-20(22,23)28-15(6-16(29)26-11-3-4-30-8-11)17-13-7-19(13,9-27(17)18(28)31)12-5-10(24)1-2-14(12)25/h1-2,5,11,13H,3-4,6-9H2,(H,26,29)/t11-,13-,19+/m0/s1. The third kappa shape index (κ3) is 3.47. The van der Waals surface area contributed by atoms with Crippen LogP contribution in [0, 0.1) is 10.6 Å². The molecule has 5 nitrogen and oxygen atoms in total. The summed E-state index contributed by atoms with van der Waals surface area (Å²) in [6.45, 7) is 1.62. The van der Waals surface area contributed by atoms with Gasteiger partial charge in [0, 0.05) is 40.3 Å². The number of amides is 1. The molecule has 3 atom stereocenters. The summed E-state index contributed by atoms with van der Waals surface area (Å²) in [5, 5.41) is 1.23. The van der Waals surface area contributed by atoms with Crippen LogP contribution in [0.3, 0.4) is 0 Å². The molecular weight excluding hydrogens is 478 g/mol. The molecule has 0 spiro atoms. The van der Waals surface area contributed by atoms with E-state index in [0.717, 1.165) is 23.0 Å². The van der Waals surface area contributed by atoms with Crippen LogP contribution in [0.25, 0.3) is 0 Å². The van der Waals surface area contributed by atoms with Gasteiger partial charge < -0.3 is 19.2 Å². The van der Waals surface area contributed by atoms with E-state index in [-0.39, 0.29) is 35.5 Å². The van der Waals surface area contributed by atoms with Crippen LogP contribution in [0.15, 0.2) is 22.7 Å². The topological polar surface area (TPSA) is 48.2 Å². The summed E-state index contributed by atoms with van der Waals surface area (Å²) < 4.78 is 24.6. The molecule has 1 N–H and O–H groups in total. The molecule has 31 heavy (non-hydrogen) atoms. The molecule has 6 radical (unpaired) electrons. The molecule has 3 aliphatic rings. The lowest BCUT2D eigenvalue weighted by Gasteiger charge is -2.26. The first-order valence-corrected chi connectivity index (χ1v) is 11.4. The van der Waals surface area contributed by atoms with E-state index in [9.17, 15) is 9.18 Å². The van der Waals surface area contributed by atoms with Crippen molar-refractivity contribution in [3.05, 3.63) is 50.2 Å². The molecule has 1 amide bonds. The average Bonchev–Trinajstić information content (AvgIpc) is 2.98. The summed E-state index contributed by atoms with van der Waals surface area (Å²) in [5.41, 5.74) is 1.72. The molecule has 0 unspecified atom stereocenters. The molecule has 2 fully saturated rings. The molecule has 1 aliphatic carbocycles. The first-order chi connectivity index (χ1) is 14.6. The SMILES string of the molecule is [B]C([B])([B])n1c(CC(=O)N[C@H]2CCOC2)c2n(c1=S)C[C@@]1(c3cc(Br)ccc3F)C[C@@H]21. The number of ether oxygens (including phenoxy) is 1. The Hall–Kier alpha value is -1.32. The van der Waals surface area contributed by atoms with Crippen molar-refractivity contribution in [1.29, 1.82) is 0 Å². The van der Waals surface area contributed by atoms with Gasteiger partial charge in [0.15, 0.2) is 4.77 Å². The zero-order chi connectivity index (χ0) is 22.1. The van der Waals surface area contributed by atoms with Crippen molar-refractivity contribution in [2.24, 2.45) is 0 Å². The minimum Gasteiger partial charge on any atom is -0.379 e. The maximum absolute atomic E-state index is 14.7. The lowest BCUT2D eigenvalue weighted by molar-refractivity contribution is -0.121. The molecule has 0 bridgehead atoms. The molecule has 5 rings (SSSR count). The van der Waals surface area contributed by atoms with Crippen molar-refractivity contribution >= 4 is 57.6 Å². The summed E-state index contributed by atoms with van der Waals surface area (Å²) in [7, 11) is 18.1. The first-order valence-electron chi connectivity index (χ1n) is 10.2. The summed E-state index contributed by atoms with van der Waals surface area (Å²) >= 11 is 9.09. The van der Waals surface area contributed by atoms with E-state index in [0.29, 0.717) is 35.8 Å². The van der Waals surface area contributed by atoms with Crippen molar-refractivity contribution in [2.45, 2.75) is 48.4 Å². The van der Waals surface area contributed by atoms with Crippen molar-refractivity contribution in [3.8, 4) is 0 Å². The molecule has 2 aromatic rings. The predicted octanol–water partition coefficient (Wildman–Crippen LogP) is 1.88. The zero-order valence-electron chi connectivity index (χ0n) is 16.7. The number of aromatic nitrogens is 2. The van der Waals surface area contributed by atoms with Crippen LogP contribution in [0.4, 0.5) is 4.39 Å². The van der Waals surface area contributed by atoms with Crippen LogP contribution in [0.1, 0.15) is 35.7 Å². The van der Waals surface area contributed by atoms with E-state index in [1.807, 2.05) is 10.6 Å². The Labute approximate surface area is 197 Å². The van der Waals surface area contributed by atoms with E-state index in [1.165, 1.54) is 10.6 Å². The third-order valence-corrected chi connectivity index (χ3v) is 7.50. The van der Waals surface area contributed by atoms with Gasteiger partial charge in [0.1, 0.15) is 5.82 Å². The Kier molecular flexibility index (Phi) is 5.11. The van der Waals surface area contributed by atoms with Crippen molar-refractivity contribution in [3.63, 3.8) is 0 Å². The van der Waals surface area contributed by atoms with Crippen LogP contribution in [-0.4, -0.2) is 57.8 Å². The highest BCUT2D eigenvalue weighted by Crippen LogP contribution is 2.67. The van der Waals surface area contributed by atoms with Crippen LogP contribution in [-0.2, 0) is 33.1 Å². The van der Waals surface area contributed by atoms with E-state index < -0.39 is 5.24 Å². The Morgan fingerprint density at radius 3 is 2.87 bits per heavy atom. The second kappa shape index (κ2) is 7.35. The van der Waals surface area contributed by atoms with E-state index in [1.54, 1.807) is 6.07 Å². The molecule has 2 aliphatic heterocycles. The highest BCUT2D eigenvalue weighted by molar-refractivity contribution is 9.10. The monoisotopic (exact) mass is 495 g/mol. The summed E-state index contributed by atoms with van der Waals surface area (Å²) in [5.74, 6) is -0.413. The molecule has 1 saturated heterocycles. The van der Waals surface area contributed by atoms with Crippen LogP contribution < -0.4 is 5.32 Å². The van der Waals surface area contributed by atoms with Gasteiger partial charge in [-0.3, -0.25) is 4.79 Å². The lowest BCUT2D eigenvalue weighted by Crippen LogP contribution is -2.40. The second-order valence-electron chi connectivity index (χ2n) is 8.77. The number of benzene rings is 1. The number of carbonyl (C=O) groups excluding carboxylic acids is 1. The van der Waals surface area contributed by atoms with Gasteiger partial charge in [-0.1, -0.05) is 21.2 Å². The number of hydrogen-bond acceptors (Lipinski definition) is 3. The number of rotatable bonds is 5. The predicted molar refractivity (Wildman–Crippen MR) is 123 cm³/mol. The van der Waals surface area contributed by atoms with Gasteiger partial charge in [-0.15, -0.1) is 0 Å². The number of nitrogens with one attached hydrogen (secondary N) is 1. The molecule has 154 valence electrons. The van der Waals surface area contributed by atoms with Gasteiger partial charge in [-0.25, -0.2) is 4.39 Å². The first kappa shape index (κ1) is 21.5. The van der Waals surface area contributed by atoms with Crippen LogP contribution >= 0.6 is 28.1 Å². The smallest absolute Gasteiger partial charge is 0.226 e. The fourth-order valence-corrected chi connectivity index (χ4v) is 5.97. The highest BCUT2D eigenvalue weighted by Gasteiger charge is 2.64. The average molecular weight is 496 g/mol. The summed E-state index contributed by atoms with van der Waals surface area (Å²) in [4.78, 5) is 12.8. The molecule has 1 aromatic carbocycles. The van der Waals surface area contributed by atoms with E-state index >= 15 is 0 Å². The minimum atomic E-state index is -1.75. The molecule has 1 aromatic heterocycles. The molecule has 3 heterocycles. The number of hydrogen-bond donors (Lipinski definition) is 1. The minimum absolute atomic E-state index is 0.0132. The number of carbonyl (C=O) groups is 1. The van der Waals surface area contributed by atoms with E-state index in [4.69, 9.17) is 40.5 Å². The Bertz CT molecular complexity index is 1140. The quantitative estimate of drug-likeness (QED) is 0.509. The molecular formula is C20H18B3BrFN3O2S. The second-order valence-corrected chi connectivity index (χ2v) is 10.0. The Balaban J connectivity index is 1.53. The van der Waals surface area contributed by atoms with Gasteiger partial charge in [0.05, 0.1) is 42.6 Å². The lowest BCUT2D eigenvalue weighted by atomic mass is 9.49. The zero-order valence-corrected chi connectivity index (χ0v) is 19.1. The van der Waals surface area contributed by atoms with Crippen LogP contribution in [0.2, 0.25) is 0 Å². The van der Waals surface area contributed by atoms with Crippen LogP contribution in [0.5, 0.6) is 0 Å². The third-order valence-electron chi connectivity index (χ3n) is 6.60. The molecule has 1 saturated carbocycles. The number of halogens is 2. The maximum Gasteiger partial charge on any atom is 0.226 e. The summed E-state index contributed by atoms with van der Waals surface area (Å²) in [6, 6.07) is 4.95. The fraction of sp³-hybridized carbons (Fsp3) is 0.500. The van der Waals surface area contributed by atoms with E-state index in [2.05, 4.69) is 21.2 Å². The molecule has 11 heteroatoms. The number of imidazole rings is 1. The Morgan fingerprint density at radius 1 is 1.42 bits per heavy atom. The largest absolute Gasteiger partial charge is 0.379 e. The normalized spacial score (nSPS) is 26.5. The van der Waals surface area contributed by atoms with Crippen molar-refractivity contribution in [1.82, 2.24) is 14.5 Å². The summed E-state index contributed by atoms with van der Waals surface area (Å²) in [6.07, 6.45) is 1.56.